The highest BCUT2D eigenvalue weighted by Gasteiger charge is 2.41. The number of unbranched alkanes of at least 4 members (excludes halogenated alkanes) is 1. The Morgan fingerprint density at radius 3 is 1.85 bits per heavy atom. The lowest BCUT2D eigenvalue weighted by molar-refractivity contribution is -0.157. The van der Waals surface area contributed by atoms with Gasteiger partial charge in [0, 0.05) is 42.5 Å². The predicted octanol–water partition coefficient (Wildman–Crippen LogP) is 0.858. The molecule has 1 fully saturated rings. The van der Waals surface area contributed by atoms with Gasteiger partial charge in [-0.15, -0.1) is 0 Å². The third-order valence-corrected chi connectivity index (χ3v) is 16.7. The Labute approximate surface area is 510 Å². The SMILES string of the molecule is CC[C@H](C)[C@H](NC(=O)[C@H](CC(=O)[C@@H](CCC(N)=O)NC(=O)[C@H](CO)NC(=O)[C@@H](NC(=O)[C@H](N)Cc1ccc(Cl)cc1)[C@@H](C)CC)[C@@H](C)CC)C(=O)C[C@@H](CO)C(=O)N[C@H]1C(=O)C[C@@H](C)C(=O)N[C@@H](CCCCN)C(=O)N[C@@H]([C@@H](C)CC)C(=O)O[C@H]1C. The molecule has 15 N–H and O–H groups in total. The number of amides is 8. The van der Waals surface area contributed by atoms with Gasteiger partial charge in [-0.1, -0.05) is 112 Å². The quantitative estimate of drug-likeness (QED) is 0.0331. The zero-order chi connectivity index (χ0) is 65.1. The van der Waals surface area contributed by atoms with Gasteiger partial charge in [0.2, 0.25) is 47.3 Å². The summed E-state index contributed by atoms with van der Waals surface area (Å²) < 4.78 is 5.77. The second-order valence-corrected chi connectivity index (χ2v) is 23.6. The average molecular weight is 1230 g/mol. The van der Waals surface area contributed by atoms with Crippen LogP contribution >= 0.6 is 11.6 Å². The number of carbonyl (C=O) groups is 12. The summed E-state index contributed by atoms with van der Waals surface area (Å²) in [4.78, 5) is 165. The lowest BCUT2D eigenvalue weighted by atomic mass is 9.83. The van der Waals surface area contributed by atoms with E-state index in [0.717, 1.165) is 0 Å². The van der Waals surface area contributed by atoms with Gasteiger partial charge in [0.1, 0.15) is 36.3 Å². The average Bonchev–Trinajstić information content (AvgIpc) is 2.91. The summed E-state index contributed by atoms with van der Waals surface area (Å²) in [5, 5.41) is 39.8. The number of primary amides is 1. The van der Waals surface area contributed by atoms with Crippen molar-refractivity contribution in [3.8, 4) is 0 Å². The van der Waals surface area contributed by atoms with E-state index in [0.29, 0.717) is 55.7 Å². The number of nitrogens with two attached hydrogens (primary N) is 3. The first-order valence-corrected chi connectivity index (χ1v) is 30.5. The molecule has 86 heavy (non-hydrogen) atoms. The van der Waals surface area contributed by atoms with Crippen LogP contribution in [0.15, 0.2) is 24.3 Å². The van der Waals surface area contributed by atoms with Crippen molar-refractivity contribution in [3.05, 3.63) is 34.9 Å². The maximum absolute atomic E-state index is 14.5. The van der Waals surface area contributed by atoms with Crippen LogP contribution in [0.1, 0.15) is 152 Å². The first-order chi connectivity index (χ1) is 40.5. The Kier molecular flexibility index (Phi) is 33.4. The molecule has 0 aromatic heterocycles. The highest BCUT2D eigenvalue weighted by molar-refractivity contribution is 6.30. The summed E-state index contributed by atoms with van der Waals surface area (Å²) in [6, 6.07) is -3.92. The third-order valence-electron chi connectivity index (χ3n) is 16.4. The van der Waals surface area contributed by atoms with Crippen LogP contribution in [0.2, 0.25) is 5.02 Å². The fraction of sp³-hybridized carbons (Fsp3) is 0.700. The number of hydrogen-bond acceptors (Lipinski definition) is 17. The monoisotopic (exact) mass is 1230 g/mol. The van der Waals surface area contributed by atoms with Gasteiger partial charge in [0.25, 0.3) is 0 Å². The molecule has 0 bridgehead atoms. The van der Waals surface area contributed by atoms with Gasteiger partial charge in [-0.2, -0.15) is 0 Å². The fourth-order valence-corrected chi connectivity index (χ4v) is 9.80. The van der Waals surface area contributed by atoms with E-state index in [1.807, 2.05) is 0 Å². The maximum atomic E-state index is 14.5. The first kappa shape index (κ1) is 75.7. The van der Waals surface area contributed by atoms with E-state index >= 15 is 0 Å². The molecule has 0 saturated carbocycles. The largest absolute Gasteiger partial charge is 0.458 e. The first-order valence-electron chi connectivity index (χ1n) is 30.1. The maximum Gasteiger partial charge on any atom is 0.329 e. The highest BCUT2D eigenvalue weighted by atomic mass is 35.5. The summed E-state index contributed by atoms with van der Waals surface area (Å²) in [7, 11) is 0. The fourth-order valence-electron chi connectivity index (χ4n) is 9.67. The summed E-state index contributed by atoms with van der Waals surface area (Å²) in [5.74, 6) is -15.2. The molecule has 1 heterocycles. The van der Waals surface area contributed by atoms with E-state index in [-0.39, 0.29) is 19.3 Å². The van der Waals surface area contributed by atoms with Gasteiger partial charge in [0.15, 0.2) is 17.3 Å². The molecule has 1 aromatic carbocycles. The van der Waals surface area contributed by atoms with Crippen molar-refractivity contribution in [3.63, 3.8) is 0 Å². The van der Waals surface area contributed by atoms with E-state index in [2.05, 4.69) is 37.2 Å². The number of aliphatic hydroxyl groups excluding tert-OH is 2. The van der Waals surface area contributed by atoms with Gasteiger partial charge >= 0.3 is 5.97 Å². The Morgan fingerprint density at radius 2 is 1.29 bits per heavy atom. The molecule has 0 spiro atoms. The second-order valence-electron chi connectivity index (χ2n) is 23.1. The molecule has 0 unspecified atom stereocenters. The van der Waals surface area contributed by atoms with Gasteiger partial charge in [-0.05, 0) is 86.9 Å². The van der Waals surface area contributed by atoms with Crippen LogP contribution in [0, 0.1) is 41.4 Å². The summed E-state index contributed by atoms with van der Waals surface area (Å²) in [6.07, 6.45) is -0.977. The lowest BCUT2D eigenvalue weighted by Gasteiger charge is -2.30. The van der Waals surface area contributed by atoms with Crippen LogP contribution in [-0.4, -0.2) is 155 Å². The van der Waals surface area contributed by atoms with E-state index in [1.54, 1.807) is 79.7 Å². The van der Waals surface area contributed by atoms with Crippen molar-refractivity contribution in [1.29, 1.82) is 0 Å². The Bertz CT molecular complexity index is 2470. The number of esters is 1. The van der Waals surface area contributed by atoms with E-state index < -0.39 is 205 Å². The topological polar surface area (TPSA) is 417 Å². The summed E-state index contributed by atoms with van der Waals surface area (Å²) in [6.45, 7) is 15.1. The molecule has 26 heteroatoms. The minimum absolute atomic E-state index is 0.115. The van der Waals surface area contributed by atoms with E-state index in [1.165, 1.54) is 13.8 Å². The molecule has 8 amide bonds. The number of rotatable bonds is 35. The number of cyclic esters (lactones) is 1. The number of nitrogens with one attached hydrogen (secondary N) is 7. The number of ketones is 3. The molecule has 1 aliphatic rings. The van der Waals surface area contributed by atoms with Crippen molar-refractivity contribution in [1.82, 2.24) is 37.2 Å². The molecule has 1 aliphatic heterocycles. The summed E-state index contributed by atoms with van der Waals surface area (Å²) in [5.41, 5.74) is 18.0. The molecule has 0 aliphatic carbocycles. The number of carbonyl (C=O) groups excluding carboxylic acids is 12. The third kappa shape index (κ3) is 24.0. The number of aliphatic hydroxyl groups is 2. The Morgan fingerprint density at radius 1 is 0.698 bits per heavy atom. The minimum Gasteiger partial charge on any atom is -0.458 e. The smallest absolute Gasteiger partial charge is 0.329 e. The highest BCUT2D eigenvalue weighted by Crippen LogP contribution is 2.25. The predicted molar refractivity (Wildman–Crippen MR) is 321 cm³/mol. The standard InChI is InChI=1S/C60H97ClN10O15/c1-11-31(5)40(28-45(74)42(22-23-48(64)77)65-58(83)44(30-73)67-59(84)50(33(7)13-3)69-56(81)41(63)26-37-18-20-39(61)21-19-37)55(80)68-49(32(6)12-2)47(76)27-38(29-72)54(79)71-52-36(10)86-60(85)51(34(8)14-4)70-57(82)43(17-15-16-24-62)66-53(78)35(9)25-46(52)75/h18-21,31-36,38,40-44,49-52,72-73H,11-17,22-30,62-63H2,1-10H3,(H2,64,77)(H,65,83)(H,66,78)(H,67,84)(H,68,80)(H,69,81)(H,70,82)(H,71,79)/t31-,32-,33-,34-,35+,36-,38-,40+,41+,42+,43-,44-,49-,50-,51-,52+/m0/s1. The van der Waals surface area contributed by atoms with Crippen LogP contribution in [-0.2, 0) is 68.7 Å². The van der Waals surface area contributed by atoms with Crippen LogP contribution in [0.25, 0.3) is 0 Å². The Hall–Kier alpha value is -6.41. The van der Waals surface area contributed by atoms with Crippen molar-refractivity contribution in [2.45, 2.75) is 207 Å². The van der Waals surface area contributed by atoms with E-state index in [9.17, 15) is 67.7 Å². The molecule has 1 saturated heterocycles. The number of ether oxygens (including phenoxy) is 1. The number of hydrogen-bond donors (Lipinski definition) is 12. The molecule has 2 rings (SSSR count). The summed E-state index contributed by atoms with van der Waals surface area (Å²) >= 11 is 5.99. The molecular formula is C60H97ClN10O15. The molecule has 1 aromatic rings. The van der Waals surface area contributed by atoms with Crippen molar-refractivity contribution < 1.29 is 72.5 Å². The zero-order valence-corrected chi connectivity index (χ0v) is 52.4. The van der Waals surface area contributed by atoms with E-state index in [4.69, 9.17) is 33.5 Å². The van der Waals surface area contributed by atoms with Crippen molar-refractivity contribution in [2.24, 2.45) is 58.6 Å². The number of Topliss-reactive ketones (excluding diaryl/α,β-unsaturated/α-hetero) is 3. The van der Waals surface area contributed by atoms with Crippen LogP contribution < -0.4 is 54.4 Å². The lowest BCUT2D eigenvalue weighted by Crippen LogP contribution is -2.59. The van der Waals surface area contributed by atoms with Gasteiger partial charge < -0.3 is 69.4 Å². The molecule has 0 radical (unpaired) electrons. The van der Waals surface area contributed by atoms with Crippen LogP contribution in [0.5, 0.6) is 0 Å². The molecule has 484 valence electrons. The van der Waals surface area contributed by atoms with Gasteiger partial charge in [-0.3, -0.25) is 52.7 Å². The van der Waals surface area contributed by atoms with Gasteiger partial charge in [0.05, 0.1) is 37.3 Å². The molecule has 16 atom stereocenters. The molecule has 25 nitrogen and oxygen atoms in total. The second kappa shape index (κ2) is 38.0. The Balaban J connectivity index is 2.39. The van der Waals surface area contributed by atoms with Crippen LogP contribution in [0.3, 0.4) is 0 Å². The van der Waals surface area contributed by atoms with Gasteiger partial charge in [-0.25, -0.2) is 4.79 Å². The normalized spacial score (nSPS) is 21.5. The minimum atomic E-state index is -1.67. The van der Waals surface area contributed by atoms with Crippen molar-refractivity contribution in [2.75, 3.05) is 19.8 Å². The van der Waals surface area contributed by atoms with Crippen molar-refractivity contribution >= 4 is 82.2 Å². The number of benzene rings is 1. The molecular weight excluding hydrogens is 1140 g/mol. The zero-order valence-electron chi connectivity index (χ0n) is 51.7. The van der Waals surface area contributed by atoms with Crippen LogP contribution in [0.4, 0.5) is 0 Å². The number of halogens is 1.